The van der Waals surface area contributed by atoms with Crippen molar-refractivity contribution in [1.82, 2.24) is 16.2 Å². The van der Waals surface area contributed by atoms with Crippen molar-refractivity contribution in [3.8, 4) is 0 Å². The van der Waals surface area contributed by atoms with Gasteiger partial charge in [-0.3, -0.25) is 15.0 Å². The van der Waals surface area contributed by atoms with Crippen LogP contribution in [-0.4, -0.2) is 17.9 Å². The SMILES string of the molecule is C/C(=C\C(=O)NC1CCCCCCC1)NNC(=O)c1ccc(C(C)(C)C)cc1. The highest BCUT2D eigenvalue weighted by Gasteiger charge is 2.15. The minimum Gasteiger partial charge on any atom is -0.350 e. The number of amides is 2. The van der Waals surface area contributed by atoms with E-state index in [1.165, 1.54) is 43.7 Å². The van der Waals surface area contributed by atoms with Crippen LogP contribution in [0, 0.1) is 0 Å². The molecule has 5 heteroatoms. The van der Waals surface area contributed by atoms with Crippen LogP contribution in [0.1, 0.15) is 88.6 Å². The van der Waals surface area contributed by atoms with Crippen LogP contribution in [0.2, 0.25) is 0 Å². The van der Waals surface area contributed by atoms with Gasteiger partial charge in [-0.2, -0.15) is 0 Å². The predicted molar refractivity (Wildman–Crippen MR) is 114 cm³/mol. The fraction of sp³-hybridized carbons (Fsp3) is 0.565. The summed E-state index contributed by atoms with van der Waals surface area (Å²) < 4.78 is 0. The van der Waals surface area contributed by atoms with Crippen molar-refractivity contribution in [2.75, 3.05) is 0 Å². The Kier molecular flexibility index (Phi) is 8.09. The molecule has 0 aliphatic heterocycles. The lowest BCUT2D eigenvalue weighted by molar-refractivity contribution is -0.117. The second-order valence-electron chi connectivity index (χ2n) is 8.78. The molecule has 1 aromatic rings. The van der Waals surface area contributed by atoms with Crippen molar-refractivity contribution < 1.29 is 9.59 Å². The van der Waals surface area contributed by atoms with Gasteiger partial charge in [0, 0.05) is 23.4 Å². The number of hydrogen-bond acceptors (Lipinski definition) is 3. The molecule has 0 bridgehead atoms. The molecule has 0 unspecified atom stereocenters. The molecular formula is C23H35N3O2. The van der Waals surface area contributed by atoms with Crippen LogP contribution in [0.4, 0.5) is 0 Å². The van der Waals surface area contributed by atoms with E-state index in [4.69, 9.17) is 0 Å². The molecule has 0 atom stereocenters. The highest BCUT2D eigenvalue weighted by molar-refractivity contribution is 5.94. The van der Waals surface area contributed by atoms with Gasteiger partial charge in [0.2, 0.25) is 5.91 Å². The van der Waals surface area contributed by atoms with Gasteiger partial charge in [0.05, 0.1) is 0 Å². The zero-order valence-corrected chi connectivity index (χ0v) is 17.7. The zero-order valence-electron chi connectivity index (χ0n) is 17.7. The van der Waals surface area contributed by atoms with E-state index >= 15 is 0 Å². The van der Waals surface area contributed by atoms with Gasteiger partial charge < -0.3 is 10.7 Å². The number of benzene rings is 1. The van der Waals surface area contributed by atoms with Gasteiger partial charge >= 0.3 is 0 Å². The lowest BCUT2D eigenvalue weighted by Gasteiger charge is -2.20. The lowest BCUT2D eigenvalue weighted by Crippen LogP contribution is -2.38. The van der Waals surface area contributed by atoms with Crippen molar-refractivity contribution in [3.05, 3.63) is 47.2 Å². The maximum absolute atomic E-state index is 12.3. The van der Waals surface area contributed by atoms with Gasteiger partial charge in [-0.1, -0.05) is 65.0 Å². The van der Waals surface area contributed by atoms with Gasteiger partial charge in [-0.15, -0.1) is 0 Å². The molecule has 3 N–H and O–H groups in total. The summed E-state index contributed by atoms with van der Waals surface area (Å²) in [4.78, 5) is 24.5. The summed E-state index contributed by atoms with van der Waals surface area (Å²) in [5.74, 6) is -0.340. The summed E-state index contributed by atoms with van der Waals surface area (Å²) in [5.41, 5.74) is 7.87. The summed E-state index contributed by atoms with van der Waals surface area (Å²) in [7, 11) is 0. The third kappa shape index (κ3) is 7.37. The molecule has 5 nitrogen and oxygen atoms in total. The minimum atomic E-state index is -0.228. The van der Waals surface area contributed by atoms with E-state index in [2.05, 4.69) is 36.9 Å². The quantitative estimate of drug-likeness (QED) is 0.521. The number of nitrogens with one attached hydrogen (secondary N) is 3. The first kappa shape index (κ1) is 22.0. The second-order valence-corrected chi connectivity index (χ2v) is 8.78. The molecule has 28 heavy (non-hydrogen) atoms. The number of hydrogen-bond donors (Lipinski definition) is 3. The van der Waals surface area contributed by atoms with Crippen LogP contribution in [0.3, 0.4) is 0 Å². The van der Waals surface area contributed by atoms with Crippen molar-refractivity contribution in [1.29, 1.82) is 0 Å². The Morgan fingerprint density at radius 3 is 2.07 bits per heavy atom. The van der Waals surface area contributed by atoms with Gasteiger partial charge in [-0.25, -0.2) is 0 Å². The van der Waals surface area contributed by atoms with Gasteiger partial charge in [0.15, 0.2) is 0 Å². The van der Waals surface area contributed by atoms with Crippen LogP contribution >= 0.6 is 0 Å². The van der Waals surface area contributed by atoms with Crippen LogP contribution in [-0.2, 0) is 10.2 Å². The van der Waals surface area contributed by atoms with Gasteiger partial charge in [0.1, 0.15) is 0 Å². The summed E-state index contributed by atoms with van der Waals surface area (Å²) in [6.45, 7) is 8.18. The Morgan fingerprint density at radius 2 is 1.50 bits per heavy atom. The van der Waals surface area contributed by atoms with E-state index in [-0.39, 0.29) is 23.3 Å². The van der Waals surface area contributed by atoms with Crippen molar-refractivity contribution in [2.45, 2.75) is 84.1 Å². The first-order chi connectivity index (χ1) is 13.3. The number of rotatable bonds is 5. The molecule has 1 aromatic carbocycles. The van der Waals surface area contributed by atoms with E-state index in [1.54, 1.807) is 6.92 Å². The molecule has 1 fully saturated rings. The Balaban J connectivity index is 1.82. The van der Waals surface area contributed by atoms with E-state index in [9.17, 15) is 9.59 Å². The molecule has 154 valence electrons. The monoisotopic (exact) mass is 385 g/mol. The summed E-state index contributed by atoms with van der Waals surface area (Å²) in [6.07, 6.45) is 9.77. The van der Waals surface area contributed by atoms with E-state index in [1.807, 2.05) is 24.3 Å². The molecule has 0 aromatic heterocycles. The zero-order chi connectivity index (χ0) is 20.6. The molecule has 0 saturated heterocycles. The Hall–Kier alpha value is -2.30. The fourth-order valence-electron chi connectivity index (χ4n) is 3.43. The minimum absolute atomic E-state index is 0.0520. The molecule has 2 rings (SSSR count). The standard InChI is InChI=1S/C23H35N3O2/c1-17(16-21(27)24-20-10-8-6-5-7-9-11-20)25-26-22(28)18-12-14-19(15-13-18)23(2,3)4/h12-16,20,25H,5-11H2,1-4H3,(H,24,27)(H,26,28)/b17-16+. The molecule has 1 saturated carbocycles. The Labute approximate surface area is 169 Å². The first-order valence-corrected chi connectivity index (χ1v) is 10.4. The first-order valence-electron chi connectivity index (χ1n) is 10.4. The van der Waals surface area contributed by atoms with Crippen molar-refractivity contribution >= 4 is 11.8 Å². The number of carbonyl (C=O) groups excluding carboxylic acids is 2. The Morgan fingerprint density at radius 1 is 0.929 bits per heavy atom. The van der Waals surface area contributed by atoms with Crippen LogP contribution in [0.5, 0.6) is 0 Å². The third-order valence-corrected chi connectivity index (χ3v) is 5.19. The molecule has 0 spiro atoms. The van der Waals surface area contributed by atoms with E-state index in [0.717, 1.165) is 12.8 Å². The maximum atomic E-state index is 12.3. The van der Waals surface area contributed by atoms with Crippen LogP contribution in [0.15, 0.2) is 36.0 Å². The molecule has 0 radical (unpaired) electrons. The summed E-state index contributed by atoms with van der Waals surface area (Å²) in [6, 6.07) is 7.84. The third-order valence-electron chi connectivity index (χ3n) is 5.19. The summed E-state index contributed by atoms with van der Waals surface area (Å²) in [5, 5.41) is 3.09. The molecule has 0 heterocycles. The smallest absolute Gasteiger partial charge is 0.269 e. The number of allylic oxidation sites excluding steroid dienone is 1. The average Bonchev–Trinajstić information content (AvgIpc) is 2.61. The van der Waals surface area contributed by atoms with Crippen LogP contribution in [0.25, 0.3) is 0 Å². The van der Waals surface area contributed by atoms with Crippen LogP contribution < -0.4 is 16.2 Å². The van der Waals surface area contributed by atoms with E-state index < -0.39 is 0 Å². The largest absolute Gasteiger partial charge is 0.350 e. The highest BCUT2D eigenvalue weighted by Crippen LogP contribution is 2.22. The highest BCUT2D eigenvalue weighted by atomic mass is 16.2. The fourth-order valence-corrected chi connectivity index (χ4v) is 3.43. The second kappa shape index (κ2) is 10.3. The van der Waals surface area contributed by atoms with Crippen molar-refractivity contribution in [3.63, 3.8) is 0 Å². The predicted octanol–water partition coefficient (Wildman–Crippen LogP) is 4.35. The lowest BCUT2D eigenvalue weighted by atomic mass is 9.87. The molecule has 1 aliphatic rings. The average molecular weight is 386 g/mol. The maximum Gasteiger partial charge on any atom is 0.269 e. The van der Waals surface area contributed by atoms with Gasteiger partial charge in [0.25, 0.3) is 5.91 Å². The topological polar surface area (TPSA) is 70.2 Å². The summed E-state index contributed by atoms with van der Waals surface area (Å²) >= 11 is 0. The molecular weight excluding hydrogens is 350 g/mol. The van der Waals surface area contributed by atoms with E-state index in [0.29, 0.717) is 11.3 Å². The molecule has 2 amide bonds. The Bertz CT molecular complexity index is 679. The van der Waals surface area contributed by atoms with Crippen molar-refractivity contribution in [2.24, 2.45) is 0 Å². The number of carbonyl (C=O) groups is 2. The number of hydrazine groups is 1. The normalized spacial score (nSPS) is 16.6. The van der Waals surface area contributed by atoms with Gasteiger partial charge in [-0.05, 0) is 42.9 Å². The molecule has 1 aliphatic carbocycles.